The van der Waals surface area contributed by atoms with Crippen molar-refractivity contribution in [1.82, 2.24) is 19.8 Å². The van der Waals surface area contributed by atoms with Crippen molar-refractivity contribution in [1.29, 1.82) is 0 Å². The predicted octanol–water partition coefficient (Wildman–Crippen LogP) is 1.48. The van der Waals surface area contributed by atoms with E-state index in [1.807, 2.05) is 12.1 Å². The molecule has 27 heavy (non-hydrogen) atoms. The molecule has 0 spiro atoms. The minimum Gasteiger partial charge on any atom is -0.354 e. The lowest BCUT2D eigenvalue weighted by Crippen LogP contribution is -2.48. The zero-order valence-corrected chi connectivity index (χ0v) is 17.7. The number of aliphatic imine (C=N–C) groups is 1. The third-order valence-corrected chi connectivity index (χ3v) is 6.68. The summed E-state index contributed by atoms with van der Waals surface area (Å²) in [6, 6.07) is 7.40. The van der Waals surface area contributed by atoms with E-state index in [1.165, 1.54) is 31.4 Å². The van der Waals surface area contributed by atoms with Gasteiger partial charge >= 0.3 is 0 Å². The van der Waals surface area contributed by atoms with Crippen LogP contribution in [-0.4, -0.2) is 70.4 Å². The van der Waals surface area contributed by atoms with Crippen LogP contribution in [0.25, 0.3) is 0 Å². The quantitative estimate of drug-likeness (QED) is 0.540. The SMILES string of the molecule is CCCN1CCC(NC(=NC)NCc2ccc(S(=O)(=O)N(C)C)cc2)CC1. The molecule has 0 atom stereocenters. The van der Waals surface area contributed by atoms with E-state index in [0.717, 1.165) is 37.5 Å². The van der Waals surface area contributed by atoms with Gasteiger partial charge in [0.15, 0.2) is 5.96 Å². The van der Waals surface area contributed by atoms with Crippen molar-refractivity contribution in [3.63, 3.8) is 0 Å². The highest BCUT2D eigenvalue weighted by Crippen LogP contribution is 2.14. The Bertz CT molecular complexity index is 708. The Morgan fingerprint density at radius 1 is 1.22 bits per heavy atom. The molecule has 1 aliphatic heterocycles. The summed E-state index contributed by atoms with van der Waals surface area (Å²) in [6.07, 6.45) is 3.45. The van der Waals surface area contributed by atoms with E-state index >= 15 is 0 Å². The molecule has 2 rings (SSSR count). The van der Waals surface area contributed by atoms with Crippen molar-refractivity contribution >= 4 is 16.0 Å². The first-order valence-corrected chi connectivity index (χ1v) is 11.0. The average molecular weight is 396 g/mol. The zero-order valence-electron chi connectivity index (χ0n) is 16.9. The van der Waals surface area contributed by atoms with Crippen LogP contribution in [0.1, 0.15) is 31.7 Å². The van der Waals surface area contributed by atoms with E-state index < -0.39 is 10.0 Å². The second kappa shape index (κ2) is 10.1. The Hall–Kier alpha value is -1.64. The molecular weight excluding hydrogens is 362 g/mol. The van der Waals surface area contributed by atoms with Crippen molar-refractivity contribution in [3.05, 3.63) is 29.8 Å². The van der Waals surface area contributed by atoms with Crippen LogP contribution >= 0.6 is 0 Å². The normalized spacial score (nSPS) is 17.3. The number of piperidine rings is 1. The second-order valence-electron chi connectivity index (χ2n) is 7.12. The first-order chi connectivity index (χ1) is 12.9. The van der Waals surface area contributed by atoms with Gasteiger partial charge in [0.2, 0.25) is 10.0 Å². The third kappa shape index (κ3) is 6.19. The van der Waals surface area contributed by atoms with E-state index in [4.69, 9.17) is 0 Å². The van der Waals surface area contributed by atoms with Gasteiger partial charge in [0.05, 0.1) is 4.90 Å². The molecule has 7 nitrogen and oxygen atoms in total. The molecule has 1 aromatic carbocycles. The summed E-state index contributed by atoms with van der Waals surface area (Å²) in [5, 5.41) is 6.81. The number of sulfonamides is 1. The van der Waals surface area contributed by atoms with Crippen molar-refractivity contribution in [2.24, 2.45) is 4.99 Å². The van der Waals surface area contributed by atoms with Crippen LogP contribution < -0.4 is 10.6 Å². The first kappa shape index (κ1) is 21.7. The Morgan fingerprint density at radius 3 is 2.37 bits per heavy atom. The van der Waals surface area contributed by atoms with Crippen LogP contribution in [-0.2, 0) is 16.6 Å². The van der Waals surface area contributed by atoms with Crippen molar-refractivity contribution in [2.75, 3.05) is 40.8 Å². The summed E-state index contributed by atoms with van der Waals surface area (Å²) in [5.74, 6) is 0.786. The fourth-order valence-electron chi connectivity index (χ4n) is 3.18. The van der Waals surface area contributed by atoms with Gasteiger partial charge in [-0.3, -0.25) is 4.99 Å². The summed E-state index contributed by atoms with van der Waals surface area (Å²) in [7, 11) is 1.46. The van der Waals surface area contributed by atoms with E-state index in [2.05, 4.69) is 27.4 Å². The standard InChI is InChI=1S/C19H33N5O2S/c1-5-12-24-13-10-17(11-14-24)22-19(20-2)21-15-16-6-8-18(9-7-16)27(25,26)23(3)4/h6-9,17H,5,10-15H2,1-4H3,(H2,20,21,22). The van der Waals surface area contributed by atoms with Crippen LogP contribution in [0.2, 0.25) is 0 Å². The van der Waals surface area contributed by atoms with Gasteiger partial charge in [-0.25, -0.2) is 12.7 Å². The summed E-state index contributed by atoms with van der Waals surface area (Å²) in [6.45, 7) is 6.25. The molecule has 0 radical (unpaired) electrons. The Balaban J connectivity index is 1.84. The molecule has 0 aromatic heterocycles. The molecule has 2 N–H and O–H groups in total. The van der Waals surface area contributed by atoms with Gasteiger partial charge in [0.1, 0.15) is 0 Å². The van der Waals surface area contributed by atoms with E-state index in [0.29, 0.717) is 17.5 Å². The predicted molar refractivity (Wildman–Crippen MR) is 110 cm³/mol. The van der Waals surface area contributed by atoms with Crippen LogP contribution in [0.4, 0.5) is 0 Å². The third-order valence-electron chi connectivity index (χ3n) is 4.85. The smallest absolute Gasteiger partial charge is 0.242 e. The second-order valence-corrected chi connectivity index (χ2v) is 9.27. The summed E-state index contributed by atoms with van der Waals surface area (Å²) >= 11 is 0. The van der Waals surface area contributed by atoms with Crippen LogP contribution in [0.3, 0.4) is 0 Å². The molecule has 0 saturated carbocycles. The molecule has 152 valence electrons. The van der Waals surface area contributed by atoms with Gasteiger partial charge in [0, 0.05) is 46.8 Å². The number of guanidine groups is 1. The van der Waals surface area contributed by atoms with Gasteiger partial charge in [-0.1, -0.05) is 19.1 Å². The van der Waals surface area contributed by atoms with Gasteiger partial charge < -0.3 is 15.5 Å². The monoisotopic (exact) mass is 395 g/mol. The van der Waals surface area contributed by atoms with Crippen LogP contribution in [0.15, 0.2) is 34.2 Å². The number of hydrogen-bond donors (Lipinski definition) is 2. The zero-order chi connectivity index (χ0) is 19.9. The van der Waals surface area contributed by atoms with Crippen molar-refractivity contribution in [3.8, 4) is 0 Å². The van der Waals surface area contributed by atoms with Crippen molar-refractivity contribution in [2.45, 2.75) is 43.7 Å². The largest absolute Gasteiger partial charge is 0.354 e. The molecule has 1 fully saturated rings. The fraction of sp³-hybridized carbons (Fsp3) is 0.632. The lowest BCUT2D eigenvalue weighted by atomic mass is 10.1. The molecule has 1 aromatic rings. The molecule has 0 amide bonds. The van der Waals surface area contributed by atoms with E-state index in [9.17, 15) is 8.42 Å². The first-order valence-electron chi connectivity index (χ1n) is 9.57. The summed E-state index contributed by atoms with van der Waals surface area (Å²) in [4.78, 5) is 7.13. The highest BCUT2D eigenvalue weighted by Gasteiger charge is 2.19. The van der Waals surface area contributed by atoms with Gasteiger partial charge in [-0.05, 0) is 43.5 Å². The number of nitrogens with zero attached hydrogens (tertiary/aromatic N) is 3. The molecule has 0 bridgehead atoms. The molecule has 1 aliphatic rings. The van der Waals surface area contributed by atoms with Crippen molar-refractivity contribution < 1.29 is 8.42 Å². The minimum atomic E-state index is -3.38. The molecular formula is C19H33N5O2S. The van der Waals surface area contributed by atoms with Crippen LogP contribution in [0.5, 0.6) is 0 Å². The molecule has 1 heterocycles. The Morgan fingerprint density at radius 2 is 1.85 bits per heavy atom. The lowest BCUT2D eigenvalue weighted by molar-refractivity contribution is 0.206. The van der Waals surface area contributed by atoms with Gasteiger partial charge in [-0.15, -0.1) is 0 Å². The average Bonchev–Trinajstić information content (AvgIpc) is 2.67. The van der Waals surface area contributed by atoms with Gasteiger partial charge in [-0.2, -0.15) is 0 Å². The lowest BCUT2D eigenvalue weighted by Gasteiger charge is -2.32. The molecule has 0 aliphatic carbocycles. The Kier molecular flexibility index (Phi) is 8.07. The molecule has 8 heteroatoms. The van der Waals surface area contributed by atoms with E-state index in [-0.39, 0.29) is 0 Å². The number of likely N-dealkylation sites (tertiary alicyclic amines) is 1. The maximum atomic E-state index is 12.1. The number of rotatable bonds is 7. The van der Waals surface area contributed by atoms with Crippen LogP contribution in [0, 0.1) is 0 Å². The number of benzene rings is 1. The maximum absolute atomic E-state index is 12.1. The van der Waals surface area contributed by atoms with Gasteiger partial charge in [0.25, 0.3) is 0 Å². The molecule has 1 saturated heterocycles. The summed E-state index contributed by atoms with van der Waals surface area (Å²) in [5.41, 5.74) is 1.01. The highest BCUT2D eigenvalue weighted by molar-refractivity contribution is 7.89. The number of hydrogen-bond acceptors (Lipinski definition) is 4. The fourth-order valence-corrected chi connectivity index (χ4v) is 4.08. The highest BCUT2D eigenvalue weighted by atomic mass is 32.2. The topological polar surface area (TPSA) is 77.0 Å². The maximum Gasteiger partial charge on any atom is 0.242 e. The summed E-state index contributed by atoms with van der Waals surface area (Å²) < 4.78 is 25.5. The minimum absolute atomic E-state index is 0.303. The number of nitrogens with one attached hydrogen (secondary N) is 2. The van der Waals surface area contributed by atoms with E-state index in [1.54, 1.807) is 19.2 Å². The Labute approximate surface area is 163 Å². The molecule has 0 unspecified atom stereocenters.